The van der Waals surface area contributed by atoms with Gasteiger partial charge in [-0.1, -0.05) is 60.7 Å². The van der Waals surface area contributed by atoms with Crippen molar-refractivity contribution in [3.05, 3.63) is 102 Å². The van der Waals surface area contributed by atoms with Gasteiger partial charge in [0.05, 0.1) is 11.6 Å². The van der Waals surface area contributed by atoms with Crippen molar-refractivity contribution in [1.82, 2.24) is 9.80 Å². The van der Waals surface area contributed by atoms with Crippen LogP contribution in [0, 0.1) is 17.6 Å². The second-order valence-corrected chi connectivity index (χ2v) is 8.68. The first-order chi connectivity index (χ1) is 16.4. The second-order valence-electron chi connectivity index (χ2n) is 8.68. The van der Waals surface area contributed by atoms with Crippen molar-refractivity contribution in [1.29, 1.82) is 0 Å². The number of carbonyl (C=O) groups excluding carboxylic acids is 2. The predicted molar refractivity (Wildman–Crippen MR) is 127 cm³/mol. The summed E-state index contributed by atoms with van der Waals surface area (Å²) < 4.78 is 27.3. The zero-order valence-corrected chi connectivity index (χ0v) is 19.0. The Bertz CT molecular complexity index is 1140. The van der Waals surface area contributed by atoms with Crippen molar-refractivity contribution >= 4 is 17.6 Å². The van der Waals surface area contributed by atoms with E-state index >= 15 is 0 Å². The Morgan fingerprint density at radius 2 is 1.65 bits per heavy atom. The van der Waals surface area contributed by atoms with E-state index in [0.29, 0.717) is 19.5 Å². The molecule has 0 spiro atoms. The number of hydrogen-bond acceptors (Lipinski definition) is 2. The van der Waals surface area contributed by atoms with Crippen LogP contribution in [0.1, 0.15) is 23.5 Å². The Balaban J connectivity index is 1.53. The molecule has 1 fully saturated rings. The molecule has 7 heteroatoms. The van der Waals surface area contributed by atoms with Gasteiger partial charge in [0, 0.05) is 38.7 Å². The number of piperidine rings is 1. The summed E-state index contributed by atoms with van der Waals surface area (Å²) in [5, 5.41) is 2.53. The van der Waals surface area contributed by atoms with E-state index in [4.69, 9.17) is 0 Å². The molecule has 0 saturated carbocycles. The molecule has 0 bridgehead atoms. The summed E-state index contributed by atoms with van der Waals surface area (Å²) >= 11 is 0. The summed E-state index contributed by atoms with van der Waals surface area (Å²) in [6.45, 7) is 1.08. The molecule has 34 heavy (non-hydrogen) atoms. The minimum absolute atomic E-state index is 0.0437. The van der Waals surface area contributed by atoms with Gasteiger partial charge in [-0.3, -0.25) is 4.79 Å². The molecule has 4 rings (SSSR count). The van der Waals surface area contributed by atoms with E-state index in [1.807, 2.05) is 60.7 Å². The normalized spacial score (nSPS) is 17.8. The molecule has 1 N–H and O–H groups in total. The van der Waals surface area contributed by atoms with Crippen LogP contribution in [0.3, 0.4) is 0 Å². The number of carbonyl (C=O) groups is 2. The molecule has 3 amide bonds. The van der Waals surface area contributed by atoms with E-state index in [0.717, 1.165) is 23.3 Å². The number of urea groups is 1. The summed E-state index contributed by atoms with van der Waals surface area (Å²) in [6, 6.07) is 22.0. The van der Waals surface area contributed by atoms with Gasteiger partial charge in [-0.2, -0.15) is 0 Å². The average molecular weight is 464 g/mol. The molecular formula is C27H27F2N3O2. The summed E-state index contributed by atoms with van der Waals surface area (Å²) in [4.78, 5) is 29.6. The van der Waals surface area contributed by atoms with Gasteiger partial charge in [-0.15, -0.1) is 0 Å². The molecule has 176 valence electrons. The van der Waals surface area contributed by atoms with Crippen molar-refractivity contribution in [3.8, 4) is 0 Å². The Morgan fingerprint density at radius 1 is 0.971 bits per heavy atom. The molecule has 1 aliphatic heterocycles. The van der Waals surface area contributed by atoms with Crippen LogP contribution in [0.5, 0.6) is 0 Å². The van der Waals surface area contributed by atoms with E-state index in [1.54, 1.807) is 16.8 Å². The number of benzene rings is 3. The molecule has 3 aromatic carbocycles. The molecule has 3 aromatic rings. The zero-order chi connectivity index (χ0) is 24.1. The van der Waals surface area contributed by atoms with Gasteiger partial charge in [0.25, 0.3) is 0 Å². The lowest BCUT2D eigenvalue weighted by Crippen LogP contribution is -2.49. The molecule has 0 aliphatic carbocycles. The lowest BCUT2D eigenvalue weighted by Gasteiger charge is -2.38. The number of halogens is 2. The van der Waals surface area contributed by atoms with Crippen LogP contribution in [0.2, 0.25) is 0 Å². The summed E-state index contributed by atoms with van der Waals surface area (Å²) in [6.07, 6.45) is 0.608. The van der Waals surface area contributed by atoms with E-state index < -0.39 is 23.6 Å². The Morgan fingerprint density at radius 3 is 2.32 bits per heavy atom. The molecular weight excluding hydrogens is 436 g/mol. The number of rotatable bonds is 5. The Hall–Kier alpha value is -3.74. The van der Waals surface area contributed by atoms with Gasteiger partial charge in [-0.25, -0.2) is 13.6 Å². The quantitative estimate of drug-likeness (QED) is 0.561. The van der Waals surface area contributed by atoms with E-state index in [9.17, 15) is 18.4 Å². The first-order valence-electron chi connectivity index (χ1n) is 11.3. The number of nitrogens with zero attached hydrogens (tertiary/aromatic N) is 2. The third-order valence-electron chi connectivity index (χ3n) is 6.17. The fraction of sp³-hybridized carbons (Fsp3) is 0.259. The molecule has 5 nitrogen and oxygen atoms in total. The predicted octanol–water partition coefficient (Wildman–Crippen LogP) is 5.26. The summed E-state index contributed by atoms with van der Waals surface area (Å²) in [5.74, 6) is -2.06. The van der Waals surface area contributed by atoms with Crippen molar-refractivity contribution in [2.24, 2.45) is 5.92 Å². The van der Waals surface area contributed by atoms with Crippen LogP contribution in [0.4, 0.5) is 19.3 Å². The largest absolute Gasteiger partial charge is 0.341 e. The summed E-state index contributed by atoms with van der Waals surface area (Å²) in [5.41, 5.74) is 1.96. The van der Waals surface area contributed by atoms with Crippen LogP contribution in [-0.2, 0) is 11.3 Å². The Kier molecular flexibility index (Phi) is 7.21. The van der Waals surface area contributed by atoms with Crippen LogP contribution in [-0.4, -0.2) is 41.9 Å². The lowest BCUT2D eigenvalue weighted by molar-refractivity contribution is -0.136. The van der Waals surface area contributed by atoms with Gasteiger partial charge in [-0.05, 0) is 29.7 Å². The fourth-order valence-corrected chi connectivity index (χ4v) is 4.44. The third-order valence-corrected chi connectivity index (χ3v) is 6.17. The minimum Gasteiger partial charge on any atom is -0.341 e. The first kappa shape index (κ1) is 23.4. The third kappa shape index (κ3) is 5.60. The van der Waals surface area contributed by atoms with E-state index in [1.165, 1.54) is 6.07 Å². The highest BCUT2D eigenvalue weighted by molar-refractivity contribution is 5.90. The number of likely N-dealkylation sites (tertiary alicyclic amines) is 1. The lowest BCUT2D eigenvalue weighted by atomic mass is 9.84. The molecule has 0 radical (unpaired) electrons. The maximum absolute atomic E-state index is 14.1. The highest BCUT2D eigenvalue weighted by Crippen LogP contribution is 2.32. The van der Waals surface area contributed by atoms with Gasteiger partial charge in [0.15, 0.2) is 0 Å². The van der Waals surface area contributed by atoms with Crippen molar-refractivity contribution in [3.63, 3.8) is 0 Å². The summed E-state index contributed by atoms with van der Waals surface area (Å²) in [7, 11) is 1.76. The Labute approximate surface area is 198 Å². The SMILES string of the molecule is CN(Cc1ccccc1)C(=O)C1CC(c2ccccc2)CN(C(=O)Nc2ccc(F)cc2F)C1. The fourth-order valence-electron chi connectivity index (χ4n) is 4.44. The number of hydrogen-bond donors (Lipinski definition) is 1. The molecule has 2 atom stereocenters. The van der Waals surface area contributed by atoms with E-state index in [2.05, 4.69) is 5.32 Å². The highest BCUT2D eigenvalue weighted by Gasteiger charge is 2.36. The van der Waals surface area contributed by atoms with Crippen LogP contribution in [0.15, 0.2) is 78.9 Å². The molecule has 1 heterocycles. The van der Waals surface area contributed by atoms with Crippen molar-refractivity contribution < 1.29 is 18.4 Å². The van der Waals surface area contributed by atoms with E-state index in [-0.39, 0.29) is 24.1 Å². The number of anilines is 1. The monoisotopic (exact) mass is 463 g/mol. The molecule has 1 saturated heterocycles. The van der Waals surface area contributed by atoms with Crippen LogP contribution >= 0.6 is 0 Å². The van der Waals surface area contributed by atoms with Gasteiger partial charge in [0.1, 0.15) is 11.6 Å². The van der Waals surface area contributed by atoms with Crippen LogP contribution < -0.4 is 5.32 Å². The molecule has 2 unspecified atom stereocenters. The minimum atomic E-state index is -0.847. The standard InChI is InChI=1S/C27H27F2N3O2/c1-31(16-19-8-4-2-5-9-19)26(33)22-14-21(20-10-6-3-7-11-20)17-32(18-22)27(34)30-25-13-12-23(28)15-24(25)29/h2-13,15,21-22H,14,16-18H2,1H3,(H,30,34). The van der Waals surface area contributed by atoms with Gasteiger partial charge in [0.2, 0.25) is 5.91 Å². The first-order valence-corrected chi connectivity index (χ1v) is 11.3. The van der Waals surface area contributed by atoms with Crippen molar-refractivity contribution in [2.45, 2.75) is 18.9 Å². The topological polar surface area (TPSA) is 52.7 Å². The maximum atomic E-state index is 14.1. The molecule has 1 aliphatic rings. The number of amides is 3. The maximum Gasteiger partial charge on any atom is 0.321 e. The average Bonchev–Trinajstić information content (AvgIpc) is 2.86. The second kappa shape index (κ2) is 10.5. The molecule has 0 aromatic heterocycles. The van der Waals surface area contributed by atoms with Gasteiger partial charge < -0.3 is 15.1 Å². The zero-order valence-electron chi connectivity index (χ0n) is 19.0. The smallest absolute Gasteiger partial charge is 0.321 e. The van der Waals surface area contributed by atoms with Gasteiger partial charge >= 0.3 is 6.03 Å². The highest BCUT2D eigenvalue weighted by atomic mass is 19.1. The van der Waals surface area contributed by atoms with Crippen LogP contribution in [0.25, 0.3) is 0 Å². The van der Waals surface area contributed by atoms with Crippen molar-refractivity contribution in [2.75, 3.05) is 25.5 Å². The number of nitrogens with one attached hydrogen (secondary N) is 1.